The molecule has 0 unspecified atom stereocenters. The first-order valence-electron chi connectivity index (χ1n) is 6.55. The van der Waals surface area contributed by atoms with Crippen LogP contribution < -0.4 is 4.90 Å². The van der Waals surface area contributed by atoms with Gasteiger partial charge < -0.3 is 4.90 Å². The zero-order valence-electron chi connectivity index (χ0n) is 11.3. The molecule has 0 bridgehead atoms. The topological polar surface area (TPSA) is 3.24 Å². The molecule has 1 heteroatoms. The van der Waals surface area contributed by atoms with Crippen molar-refractivity contribution in [2.75, 3.05) is 11.4 Å². The summed E-state index contributed by atoms with van der Waals surface area (Å²) in [6.45, 7) is 9.13. The minimum absolute atomic E-state index is 1.11. The van der Waals surface area contributed by atoms with Gasteiger partial charge in [-0.25, -0.2) is 0 Å². The molecule has 2 rings (SSSR count). The van der Waals surface area contributed by atoms with Crippen LogP contribution in [0.1, 0.15) is 25.8 Å². The van der Waals surface area contributed by atoms with Gasteiger partial charge in [-0.1, -0.05) is 42.5 Å². The molecule has 1 aliphatic heterocycles. The Morgan fingerprint density at radius 2 is 2.00 bits per heavy atom. The van der Waals surface area contributed by atoms with Crippen LogP contribution >= 0.6 is 0 Å². The normalized spacial score (nSPS) is 16.4. The fraction of sp³-hybridized carbons (Fsp3) is 0.294. The van der Waals surface area contributed by atoms with E-state index in [2.05, 4.69) is 61.7 Å². The van der Waals surface area contributed by atoms with E-state index in [1.54, 1.807) is 0 Å². The molecule has 0 saturated carbocycles. The Balaban J connectivity index is 2.28. The molecule has 0 amide bonds. The Bertz CT molecular complexity index is 494. The Morgan fingerprint density at radius 3 is 2.78 bits per heavy atom. The Labute approximate surface area is 110 Å². The number of fused-ring (bicyclic) bond motifs is 1. The van der Waals surface area contributed by atoms with Gasteiger partial charge in [0.1, 0.15) is 0 Å². The quantitative estimate of drug-likeness (QED) is 0.703. The van der Waals surface area contributed by atoms with E-state index in [1.807, 2.05) is 6.08 Å². The second-order valence-corrected chi connectivity index (χ2v) is 4.81. The summed E-state index contributed by atoms with van der Waals surface area (Å²) in [7, 11) is 0. The average Bonchev–Trinajstić information content (AvgIpc) is 2.43. The number of rotatable bonds is 3. The van der Waals surface area contributed by atoms with E-state index >= 15 is 0 Å². The van der Waals surface area contributed by atoms with Crippen LogP contribution in [0.2, 0.25) is 0 Å². The fourth-order valence-corrected chi connectivity index (χ4v) is 2.31. The summed E-state index contributed by atoms with van der Waals surface area (Å²) in [6.07, 6.45) is 8.61. The van der Waals surface area contributed by atoms with E-state index in [0.29, 0.717) is 0 Å². The van der Waals surface area contributed by atoms with Crippen molar-refractivity contribution in [1.82, 2.24) is 0 Å². The minimum Gasteiger partial charge on any atom is -0.345 e. The van der Waals surface area contributed by atoms with E-state index in [-0.39, 0.29) is 0 Å². The third-order valence-corrected chi connectivity index (χ3v) is 3.45. The van der Waals surface area contributed by atoms with Crippen molar-refractivity contribution in [2.45, 2.75) is 26.7 Å². The summed E-state index contributed by atoms with van der Waals surface area (Å²) < 4.78 is 0. The molecule has 1 aliphatic rings. The molecule has 1 heterocycles. The number of hydrogen-bond acceptors (Lipinski definition) is 1. The molecule has 0 aromatic heterocycles. The van der Waals surface area contributed by atoms with Gasteiger partial charge in [0.15, 0.2) is 0 Å². The zero-order chi connectivity index (χ0) is 13.0. The minimum atomic E-state index is 1.11. The molecule has 0 N–H and O–H groups in total. The van der Waals surface area contributed by atoms with Crippen molar-refractivity contribution in [2.24, 2.45) is 0 Å². The maximum absolute atomic E-state index is 3.78. The molecule has 1 aromatic rings. The molecule has 18 heavy (non-hydrogen) atoms. The third kappa shape index (κ3) is 2.73. The molecular weight excluding hydrogens is 218 g/mol. The number of nitrogens with zero attached hydrogens (tertiary/aromatic N) is 1. The highest BCUT2D eigenvalue weighted by Crippen LogP contribution is 2.29. The molecule has 0 atom stereocenters. The van der Waals surface area contributed by atoms with Crippen LogP contribution in [-0.4, -0.2) is 6.54 Å². The van der Waals surface area contributed by atoms with Gasteiger partial charge in [-0.3, -0.25) is 0 Å². The van der Waals surface area contributed by atoms with Gasteiger partial charge in [0.05, 0.1) is 0 Å². The first-order valence-corrected chi connectivity index (χ1v) is 6.55. The van der Waals surface area contributed by atoms with Gasteiger partial charge in [-0.05, 0) is 44.4 Å². The molecule has 0 spiro atoms. The molecule has 1 nitrogen and oxygen atoms in total. The second kappa shape index (κ2) is 5.72. The first-order chi connectivity index (χ1) is 8.72. The molecule has 1 aromatic carbocycles. The lowest BCUT2D eigenvalue weighted by Crippen LogP contribution is -2.27. The van der Waals surface area contributed by atoms with Crippen molar-refractivity contribution >= 4 is 5.69 Å². The van der Waals surface area contributed by atoms with Crippen LogP contribution in [0, 0.1) is 0 Å². The predicted octanol–water partition coefficient (Wildman–Crippen LogP) is 4.48. The Morgan fingerprint density at radius 1 is 1.22 bits per heavy atom. The summed E-state index contributed by atoms with van der Waals surface area (Å²) in [5.74, 6) is 0. The van der Waals surface area contributed by atoms with Crippen LogP contribution in [-0.2, 0) is 6.42 Å². The highest BCUT2D eigenvalue weighted by atomic mass is 15.1. The highest BCUT2D eigenvalue weighted by molar-refractivity contribution is 5.59. The summed E-state index contributed by atoms with van der Waals surface area (Å²) in [5.41, 5.74) is 5.31. The van der Waals surface area contributed by atoms with Crippen LogP contribution in [0.25, 0.3) is 0 Å². The van der Waals surface area contributed by atoms with E-state index in [0.717, 1.165) is 6.54 Å². The third-order valence-electron chi connectivity index (χ3n) is 3.45. The van der Waals surface area contributed by atoms with E-state index in [4.69, 9.17) is 0 Å². The standard InChI is InChI=1S/C17H21N/c1-4-14(2)11-12-15(3)18-13-7-9-16-8-5-6-10-17(16)18/h4-6,8,10-12H,1,7,9,13H2,2-3H3/b14-11+,15-12+. The SMILES string of the molecule is C=C/C(C)=C/C=C(\C)N1CCCc2ccccc21. The number of aryl methyl sites for hydroxylation is 1. The van der Waals surface area contributed by atoms with Crippen molar-refractivity contribution in [1.29, 1.82) is 0 Å². The van der Waals surface area contributed by atoms with Gasteiger partial charge in [-0.15, -0.1) is 0 Å². The fourth-order valence-electron chi connectivity index (χ4n) is 2.31. The summed E-state index contributed by atoms with van der Waals surface area (Å²) in [5, 5.41) is 0. The summed E-state index contributed by atoms with van der Waals surface area (Å²) >= 11 is 0. The number of allylic oxidation sites excluding steroid dienone is 5. The van der Waals surface area contributed by atoms with Gasteiger partial charge in [-0.2, -0.15) is 0 Å². The van der Waals surface area contributed by atoms with Crippen LogP contribution in [0.5, 0.6) is 0 Å². The molecule has 0 aliphatic carbocycles. The van der Waals surface area contributed by atoms with Gasteiger partial charge in [0, 0.05) is 17.9 Å². The Kier molecular flexibility index (Phi) is 4.03. The maximum atomic E-state index is 3.78. The van der Waals surface area contributed by atoms with Crippen LogP contribution in [0.3, 0.4) is 0 Å². The largest absolute Gasteiger partial charge is 0.345 e. The van der Waals surface area contributed by atoms with Crippen molar-refractivity contribution < 1.29 is 0 Å². The van der Waals surface area contributed by atoms with Gasteiger partial charge >= 0.3 is 0 Å². The average molecular weight is 239 g/mol. The molecule has 94 valence electrons. The monoisotopic (exact) mass is 239 g/mol. The lowest BCUT2D eigenvalue weighted by molar-refractivity contribution is 0.744. The number of para-hydroxylation sites is 1. The predicted molar refractivity (Wildman–Crippen MR) is 79.8 cm³/mol. The van der Waals surface area contributed by atoms with Crippen molar-refractivity contribution in [3.05, 3.63) is 65.9 Å². The van der Waals surface area contributed by atoms with E-state index in [1.165, 1.54) is 35.4 Å². The highest BCUT2D eigenvalue weighted by Gasteiger charge is 2.16. The molecule has 0 radical (unpaired) electrons. The molecule has 0 saturated heterocycles. The lowest BCUT2D eigenvalue weighted by Gasteiger charge is -2.31. The maximum Gasteiger partial charge on any atom is 0.0440 e. The number of hydrogen-bond donors (Lipinski definition) is 0. The molecular formula is C17H21N. The Hall–Kier alpha value is -1.76. The summed E-state index contributed by atoms with van der Waals surface area (Å²) in [6, 6.07) is 8.70. The number of anilines is 1. The number of benzene rings is 1. The first kappa shape index (κ1) is 12.7. The van der Waals surface area contributed by atoms with Gasteiger partial charge in [0.2, 0.25) is 0 Å². The smallest absolute Gasteiger partial charge is 0.0440 e. The van der Waals surface area contributed by atoms with Crippen LogP contribution in [0.4, 0.5) is 5.69 Å². The van der Waals surface area contributed by atoms with E-state index < -0.39 is 0 Å². The van der Waals surface area contributed by atoms with Crippen molar-refractivity contribution in [3.63, 3.8) is 0 Å². The lowest BCUT2D eigenvalue weighted by atomic mass is 10.0. The zero-order valence-corrected chi connectivity index (χ0v) is 11.3. The molecule has 0 fully saturated rings. The van der Waals surface area contributed by atoms with Gasteiger partial charge in [0.25, 0.3) is 0 Å². The summed E-state index contributed by atoms with van der Waals surface area (Å²) in [4.78, 5) is 2.41. The van der Waals surface area contributed by atoms with Crippen molar-refractivity contribution in [3.8, 4) is 0 Å². The van der Waals surface area contributed by atoms with E-state index in [9.17, 15) is 0 Å². The van der Waals surface area contributed by atoms with Crippen LogP contribution in [0.15, 0.2) is 60.3 Å². The second-order valence-electron chi connectivity index (χ2n) is 4.81.